The van der Waals surface area contributed by atoms with E-state index in [0.29, 0.717) is 11.6 Å². The van der Waals surface area contributed by atoms with Crippen molar-refractivity contribution in [3.8, 4) is 0 Å². The number of anilines is 1. The number of piperidine rings is 1. The van der Waals surface area contributed by atoms with Crippen molar-refractivity contribution in [2.45, 2.75) is 76.7 Å². The van der Waals surface area contributed by atoms with Crippen molar-refractivity contribution < 1.29 is 9.59 Å². The summed E-state index contributed by atoms with van der Waals surface area (Å²) in [6, 6.07) is 4.10. The molecule has 8 nitrogen and oxygen atoms in total. The molecule has 2 aromatic heterocycles. The maximum Gasteiger partial charge on any atom is 0.272 e. The third kappa shape index (κ3) is 4.91. The predicted molar refractivity (Wildman–Crippen MR) is 133 cm³/mol. The highest BCUT2D eigenvalue weighted by molar-refractivity contribution is 6.04. The second kappa shape index (κ2) is 10.3. The highest BCUT2D eigenvalue weighted by atomic mass is 16.2. The van der Waals surface area contributed by atoms with E-state index in [9.17, 15) is 9.59 Å². The number of hydrogen-bond donors (Lipinski definition) is 1. The summed E-state index contributed by atoms with van der Waals surface area (Å²) in [5.74, 6) is 1.37. The summed E-state index contributed by atoms with van der Waals surface area (Å²) in [6.45, 7) is 3.52. The lowest BCUT2D eigenvalue weighted by atomic mass is 9.87. The molecule has 0 unspecified atom stereocenters. The van der Waals surface area contributed by atoms with Crippen molar-refractivity contribution in [2.75, 3.05) is 31.1 Å². The fourth-order valence-electron chi connectivity index (χ4n) is 5.87. The molecule has 2 aliphatic heterocycles. The van der Waals surface area contributed by atoms with Crippen LogP contribution in [0.1, 0.15) is 81.1 Å². The second-order valence-electron chi connectivity index (χ2n) is 10.3. The first-order valence-electron chi connectivity index (χ1n) is 13.3. The van der Waals surface area contributed by atoms with E-state index in [1.165, 1.54) is 44.9 Å². The van der Waals surface area contributed by atoms with Gasteiger partial charge in [-0.1, -0.05) is 32.1 Å². The van der Waals surface area contributed by atoms with E-state index in [0.717, 1.165) is 68.7 Å². The number of carbonyl (C=O) groups is 2. The number of nitrogens with zero attached hydrogens (tertiary/aromatic N) is 5. The van der Waals surface area contributed by atoms with Gasteiger partial charge in [-0.3, -0.25) is 9.59 Å². The smallest absolute Gasteiger partial charge is 0.272 e. The Morgan fingerprint density at radius 2 is 1.56 bits per heavy atom. The minimum absolute atomic E-state index is 0.0734. The number of hydrogen-bond acceptors (Lipinski definition) is 5. The van der Waals surface area contributed by atoms with Gasteiger partial charge in [-0.05, 0) is 50.7 Å². The van der Waals surface area contributed by atoms with Crippen LogP contribution in [0.15, 0.2) is 12.1 Å². The zero-order valence-electron chi connectivity index (χ0n) is 20.5. The van der Waals surface area contributed by atoms with Crippen molar-refractivity contribution in [2.24, 2.45) is 13.0 Å². The van der Waals surface area contributed by atoms with Crippen LogP contribution in [0.4, 0.5) is 5.82 Å². The molecule has 4 heterocycles. The SMILES string of the molecule is Cn1nc(C(=O)NC2CCN(C(=O)C3CCCCC3)CC2)c2ccc(N3CCCCCC3)nc21. The topological polar surface area (TPSA) is 83.4 Å². The molecule has 2 saturated heterocycles. The lowest BCUT2D eigenvalue weighted by Gasteiger charge is -2.35. The molecular formula is C26H38N6O2. The average molecular weight is 467 g/mol. The standard InChI is InChI=1S/C26H38N6O2/c1-30-24-21(11-12-22(28-24)31-15-7-2-3-8-16-31)23(29-30)25(33)27-20-13-17-32(18-14-20)26(34)19-9-5-4-6-10-19/h11-12,19-20H,2-10,13-18H2,1H3,(H,27,33). The molecule has 1 saturated carbocycles. The molecule has 0 aromatic carbocycles. The molecule has 0 bridgehead atoms. The van der Waals surface area contributed by atoms with Crippen molar-refractivity contribution in [1.82, 2.24) is 25.0 Å². The second-order valence-corrected chi connectivity index (χ2v) is 10.3. The summed E-state index contributed by atoms with van der Waals surface area (Å²) in [4.78, 5) is 35.2. The van der Waals surface area contributed by atoms with Gasteiger partial charge in [0.05, 0.1) is 5.39 Å². The Hall–Kier alpha value is -2.64. The van der Waals surface area contributed by atoms with Gasteiger partial charge in [-0.2, -0.15) is 5.10 Å². The Balaban J connectivity index is 1.21. The monoisotopic (exact) mass is 466 g/mol. The number of likely N-dealkylation sites (tertiary alicyclic amines) is 1. The zero-order chi connectivity index (χ0) is 23.5. The molecule has 0 atom stereocenters. The van der Waals surface area contributed by atoms with Crippen LogP contribution >= 0.6 is 0 Å². The first kappa shape index (κ1) is 23.1. The van der Waals surface area contributed by atoms with Gasteiger partial charge in [0.1, 0.15) is 5.82 Å². The third-order valence-electron chi connectivity index (χ3n) is 7.91. The Bertz CT molecular complexity index is 1010. The summed E-state index contributed by atoms with van der Waals surface area (Å²) in [6.07, 6.45) is 12.2. The van der Waals surface area contributed by atoms with Crippen molar-refractivity contribution >= 4 is 28.7 Å². The quantitative estimate of drug-likeness (QED) is 0.744. The Morgan fingerprint density at radius 3 is 2.26 bits per heavy atom. The largest absolute Gasteiger partial charge is 0.357 e. The van der Waals surface area contributed by atoms with E-state index >= 15 is 0 Å². The van der Waals surface area contributed by atoms with E-state index in [1.807, 2.05) is 24.1 Å². The van der Waals surface area contributed by atoms with Crippen LogP contribution in [-0.4, -0.2) is 63.7 Å². The molecule has 184 valence electrons. The zero-order valence-corrected chi connectivity index (χ0v) is 20.5. The number of pyridine rings is 1. The molecule has 1 N–H and O–H groups in total. The first-order valence-corrected chi connectivity index (χ1v) is 13.3. The molecule has 34 heavy (non-hydrogen) atoms. The maximum absolute atomic E-state index is 13.1. The molecule has 0 radical (unpaired) electrons. The number of rotatable bonds is 4. The van der Waals surface area contributed by atoms with Gasteiger partial charge in [0, 0.05) is 45.2 Å². The first-order chi connectivity index (χ1) is 16.6. The molecule has 3 aliphatic rings. The minimum Gasteiger partial charge on any atom is -0.357 e. The third-order valence-corrected chi connectivity index (χ3v) is 7.91. The number of carbonyl (C=O) groups excluding carboxylic acids is 2. The van der Waals surface area contributed by atoms with Crippen molar-refractivity contribution in [3.05, 3.63) is 17.8 Å². The number of aromatic nitrogens is 3. The summed E-state index contributed by atoms with van der Waals surface area (Å²) in [5.41, 5.74) is 1.19. The summed E-state index contributed by atoms with van der Waals surface area (Å²) in [7, 11) is 1.85. The van der Waals surface area contributed by atoms with E-state index < -0.39 is 0 Å². The molecule has 1 aliphatic carbocycles. The van der Waals surface area contributed by atoms with Gasteiger partial charge < -0.3 is 15.1 Å². The highest BCUT2D eigenvalue weighted by Gasteiger charge is 2.30. The number of nitrogens with one attached hydrogen (secondary N) is 1. The Kier molecular flexibility index (Phi) is 7.02. The van der Waals surface area contributed by atoms with E-state index in [1.54, 1.807) is 4.68 Å². The average Bonchev–Trinajstić information content (AvgIpc) is 3.03. The van der Waals surface area contributed by atoms with Crippen LogP contribution in [0, 0.1) is 5.92 Å². The molecule has 8 heteroatoms. The summed E-state index contributed by atoms with van der Waals surface area (Å²) >= 11 is 0. The molecule has 5 rings (SSSR count). The Labute approximate surface area is 202 Å². The normalized spacial score (nSPS) is 21.0. The van der Waals surface area contributed by atoms with Crippen LogP contribution < -0.4 is 10.2 Å². The number of fused-ring (bicyclic) bond motifs is 1. The van der Waals surface area contributed by atoms with Gasteiger partial charge in [0.15, 0.2) is 11.3 Å². The summed E-state index contributed by atoms with van der Waals surface area (Å²) < 4.78 is 1.72. The number of amides is 2. The lowest BCUT2D eigenvalue weighted by Crippen LogP contribution is -2.48. The summed E-state index contributed by atoms with van der Waals surface area (Å²) in [5, 5.41) is 8.49. The number of aryl methyl sites for hydroxylation is 1. The van der Waals surface area contributed by atoms with Crippen LogP contribution in [0.25, 0.3) is 11.0 Å². The molecule has 3 fully saturated rings. The molecule has 2 aromatic rings. The van der Waals surface area contributed by atoms with Gasteiger partial charge >= 0.3 is 0 Å². The lowest BCUT2D eigenvalue weighted by molar-refractivity contribution is -0.137. The fourth-order valence-corrected chi connectivity index (χ4v) is 5.87. The molecule has 0 spiro atoms. The van der Waals surface area contributed by atoms with Gasteiger partial charge in [0.2, 0.25) is 5.91 Å². The van der Waals surface area contributed by atoms with Gasteiger partial charge in [-0.25, -0.2) is 9.67 Å². The fraction of sp³-hybridized carbons (Fsp3) is 0.692. The van der Waals surface area contributed by atoms with Gasteiger partial charge in [-0.15, -0.1) is 0 Å². The van der Waals surface area contributed by atoms with Crippen LogP contribution in [-0.2, 0) is 11.8 Å². The van der Waals surface area contributed by atoms with E-state index in [4.69, 9.17) is 4.98 Å². The predicted octanol–water partition coefficient (Wildman–Crippen LogP) is 3.65. The minimum atomic E-state index is -0.146. The van der Waals surface area contributed by atoms with E-state index in [2.05, 4.69) is 15.3 Å². The highest BCUT2D eigenvalue weighted by Crippen LogP contribution is 2.27. The van der Waals surface area contributed by atoms with Gasteiger partial charge in [0.25, 0.3) is 5.91 Å². The maximum atomic E-state index is 13.1. The Morgan fingerprint density at radius 1 is 0.882 bits per heavy atom. The van der Waals surface area contributed by atoms with Crippen molar-refractivity contribution in [3.63, 3.8) is 0 Å². The van der Waals surface area contributed by atoms with E-state index in [-0.39, 0.29) is 17.9 Å². The molecular weight excluding hydrogens is 428 g/mol. The van der Waals surface area contributed by atoms with Crippen molar-refractivity contribution in [1.29, 1.82) is 0 Å². The van der Waals surface area contributed by atoms with Crippen LogP contribution in [0.3, 0.4) is 0 Å². The molecule has 2 amide bonds. The van der Waals surface area contributed by atoms with Crippen LogP contribution in [0.2, 0.25) is 0 Å². The van der Waals surface area contributed by atoms with Crippen LogP contribution in [0.5, 0.6) is 0 Å².